The van der Waals surface area contributed by atoms with E-state index in [4.69, 9.17) is 35.3 Å². The van der Waals surface area contributed by atoms with E-state index in [0.717, 1.165) is 29.7 Å². The van der Waals surface area contributed by atoms with Gasteiger partial charge in [-0.2, -0.15) is 0 Å². The van der Waals surface area contributed by atoms with E-state index in [-0.39, 0.29) is 24.0 Å². The molecular weight excluding hydrogens is 564 g/mol. The van der Waals surface area contributed by atoms with Gasteiger partial charge in [0, 0.05) is 5.56 Å². The zero-order valence-corrected chi connectivity index (χ0v) is 23.6. The van der Waals surface area contributed by atoms with Crippen LogP contribution in [0.5, 0.6) is 23.0 Å². The molecule has 10 heteroatoms. The maximum atomic E-state index is 12.4. The van der Waals surface area contributed by atoms with Gasteiger partial charge in [0.2, 0.25) is 0 Å². The molecule has 0 radical (unpaired) electrons. The van der Waals surface area contributed by atoms with E-state index in [9.17, 15) is 19.5 Å². The topological polar surface area (TPSA) is 118 Å². The molecule has 1 aliphatic rings. The van der Waals surface area contributed by atoms with Crippen LogP contribution in [0.3, 0.4) is 0 Å². The highest BCUT2D eigenvalue weighted by atomic mass is 35.5. The van der Waals surface area contributed by atoms with E-state index in [2.05, 4.69) is 6.58 Å². The molecule has 9 nitrogen and oxygen atoms in total. The summed E-state index contributed by atoms with van der Waals surface area (Å²) in [6.07, 6.45) is 1.96. The number of hydrogen-bond acceptors (Lipinski definition) is 9. The Bertz CT molecular complexity index is 1490. The van der Waals surface area contributed by atoms with Crippen LogP contribution >= 0.6 is 11.6 Å². The quantitative estimate of drug-likeness (QED) is 0.0587. The van der Waals surface area contributed by atoms with E-state index < -0.39 is 18.1 Å². The number of unbranched alkanes of at least 4 members (excludes halogenated alkanes) is 1. The Morgan fingerprint density at radius 1 is 0.810 bits per heavy atom. The van der Waals surface area contributed by atoms with Gasteiger partial charge < -0.3 is 28.8 Å². The molecule has 0 atom stereocenters. The minimum absolute atomic E-state index is 0.0652. The van der Waals surface area contributed by atoms with Gasteiger partial charge in [-0.1, -0.05) is 18.2 Å². The second kappa shape index (κ2) is 14.2. The molecule has 3 aromatic rings. The molecule has 1 N–H and O–H groups in total. The first-order chi connectivity index (χ1) is 20.2. The Kier molecular flexibility index (Phi) is 10.2. The molecule has 218 valence electrons. The van der Waals surface area contributed by atoms with E-state index >= 15 is 0 Å². The second-order valence-electron chi connectivity index (χ2n) is 9.37. The van der Waals surface area contributed by atoms with Crippen LogP contribution in [0.15, 0.2) is 83.9 Å². The summed E-state index contributed by atoms with van der Waals surface area (Å²) in [6.45, 7) is 5.34. The van der Waals surface area contributed by atoms with E-state index in [1.165, 1.54) is 24.3 Å². The summed E-state index contributed by atoms with van der Waals surface area (Å²) in [5.41, 5.74) is 3.01. The first-order valence-electron chi connectivity index (χ1n) is 13.2. The fourth-order valence-electron chi connectivity index (χ4n) is 3.70. The van der Waals surface area contributed by atoms with Crippen LogP contribution < -0.4 is 14.2 Å². The zero-order chi connectivity index (χ0) is 30.1. The average Bonchev–Trinajstić information content (AvgIpc) is 3.81. The van der Waals surface area contributed by atoms with Crippen molar-refractivity contribution in [3.8, 4) is 23.0 Å². The Morgan fingerprint density at radius 3 is 2.05 bits per heavy atom. The predicted molar refractivity (Wildman–Crippen MR) is 155 cm³/mol. The SMILES string of the molecule is C=C(Cl)C(=O)OCCCCOC(=O)Oc1ccc(C(Oc2ccc(OC(=O)c3ccc(O)cc3)c(C)c2)=C2CC2)cc1. The van der Waals surface area contributed by atoms with Crippen LogP contribution in [0.25, 0.3) is 5.76 Å². The minimum Gasteiger partial charge on any atom is -0.508 e. The third kappa shape index (κ3) is 8.87. The van der Waals surface area contributed by atoms with Gasteiger partial charge >= 0.3 is 18.1 Å². The molecule has 3 aromatic carbocycles. The van der Waals surface area contributed by atoms with Crippen LogP contribution in [0, 0.1) is 6.92 Å². The number of carbonyl (C=O) groups excluding carboxylic acids is 3. The number of hydrogen-bond donors (Lipinski definition) is 1. The standard InChI is InChI=1S/C32H29ClO9/c1-20-19-27(15-16-28(20)42-31(36)24-7-11-25(34)12-8-24)40-29(22-5-6-22)23-9-13-26(14-10-23)41-32(37)39-18-4-3-17-38-30(35)21(2)33/h7-16,19,34H,2-6,17-18H2,1H3. The average molecular weight is 593 g/mol. The summed E-state index contributed by atoms with van der Waals surface area (Å²) in [5, 5.41) is 9.22. The monoisotopic (exact) mass is 592 g/mol. The van der Waals surface area contributed by atoms with Crippen molar-refractivity contribution >= 4 is 35.5 Å². The number of halogens is 1. The van der Waals surface area contributed by atoms with Crippen molar-refractivity contribution in [2.24, 2.45) is 0 Å². The van der Waals surface area contributed by atoms with E-state index in [1.807, 2.05) is 6.92 Å². The van der Waals surface area contributed by atoms with Gasteiger partial charge in [0.05, 0.1) is 18.8 Å². The summed E-state index contributed by atoms with van der Waals surface area (Å²) < 4.78 is 26.9. The molecule has 42 heavy (non-hydrogen) atoms. The Morgan fingerprint density at radius 2 is 1.43 bits per heavy atom. The first kappa shape index (κ1) is 30.2. The van der Waals surface area contributed by atoms with Gasteiger partial charge in [-0.05, 0) is 110 Å². The number of aromatic hydroxyl groups is 1. The fraction of sp³-hybridized carbons (Fsp3) is 0.219. The molecule has 4 rings (SSSR count). The van der Waals surface area contributed by atoms with Gasteiger partial charge in [-0.3, -0.25) is 0 Å². The lowest BCUT2D eigenvalue weighted by molar-refractivity contribution is -0.138. The Balaban J connectivity index is 1.28. The molecule has 0 heterocycles. The van der Waals surface area contributed by atoms with Crippen molar-refractivity contribution in [2.45, 2.75) is 32.6 Å². The molecule has 0 amide bonds. The molecule has 0 unspecified atom stereocenters. The van der Waals surface area contributed by atoms with Crippen molar-refractivity contribution in [2.75, 3.05) is 13.2 Å². The number of aryl methyl sites for hydroxylation is 1. The lowest BCUT2D eigenvalue weighted by Crippen LogP contribution is -2.12. The summed E-state index contributed by atoms with van der Waals surface area (Å²) in [6, 6.07) is 17.9. The van der Waals surface area contributed by atoms with Crippen molar-refractivity contribution in [1.29, 1.82) is 0 Å². The normalized spacial score (nSPS) is 11.7. The summed E-state index contributed by atoms with van der Waals surface area (Å²) in [7, 11) is 0. The van der Waals surface area contributed by atoms with Crippen molar-refractivity contribution in [1.82, 2.24) is 0 Å². The highest BCUT2D eigenvalue weighted by Crippen LogP contribution is 2.38. The highest BCUT2D eigenvalue weighted by Gasteiger charge is 2.22. The molecule has 1 fully saturated rings. The third-order valence-electron chi connectivity index (χ3n) is 6.02. The molecule has 0 aliphatic heterocycles. The number of phenolic OH excluding ortho intramolecular Hbond substituents is 1. The van der Waals surface area contributed by atoms with Crippen LogP contribution in [0.2, 0.25) is 0 Å². The van der Waals surface area contributed by atoms with Gasteiger partial charge in [0.15, 0.2) is 0 Å². The molecule has 0 bridgehead atoms. The summed E-state index contributed by atoms with van der Waals surface area (Å²) in [4.78, 5) is 35.7. The van der Waals surface area contributed by atoms with Gasteiger partial charge in [0.25, 0.3) is 0 Å². The van der Waals surface area contributed by atoms with Crippen LogP contribution in [0.1, 0.15) is 47.2 Å². The first-order valence-corrected chi connectivity index (χ1v) is 13.6. The maximum Gasteiger partial charge on any atom is 0.513 e. The van der Waals surface area contributed by atoms with Crippen molar-refractivity contribution in [3.63, 3.8) is 0 Å². The number of carbonyl (C=O) groups is 3. The summed E-state index contributed by atoms with van der Waals surface area (Å²) in [5.74, 6) is 0.870. The second-order valence-corrected chi connectivity index (χ2v) is 9.83. The van der Waals surface area contributed by atoms with E-state index in [1.54, 1.807) is 42.5 Å². The Labute approximate surface area is 247 Å². The third-order valence-corrected chi connectivity index (χ3v) is 6.18. The highest BCUT2D eigenvalue weighted by molar-refractivity contribution is 6.40. The number of esters is 2. The number of phenols is 1. The number of benzene rings is 3. The van der Waals surface area contributed by atoms with Crippen molar-refractivity contribution in [3.05, 3.63) is 101 Å². The van der Waals surface area contributed by atoms with Gasteiger partial charge in [-0.15, -0.1) is 0 Å². The lowest BCUT2D eigenvalue weighted by atomic mass is 10.1. The fourth-order valence-corrected chi connectivity index (χ4v) is 3.76. The molecule has 1 aliphatic carbocycles. The number of ether oxygens (including phenoxy) is 5. The molecular formula is C32H29ClO9. The van der Waals surface area contributed by atoms with Crippen LogP contribution in [0.4, 0.5) is 4.79 Å². The molecule has 0 spiro atoms. The van der Waals surface area contributed by atoms with Crippen LogP contribution in [-0.4, -0.2) is 36.4 Å². The minimum atomic E-state index is -0.840. The summed E-state index contributed by atoms with van der Waals surface area (Å²) >= 11 is 5.43. The number of rotatable bonds is 12. The van der Waals surface area contributed by atoms with Crippen LogP contribution in [-0.2, 0) is 14.3 Å². The van der Waals surface area contributed by atoms with E-state index in [0.29, 0.717) is 41.2 Å². The Hall–Kier alpha value is -4.76. The zero-order valence-electron chi connectivity index (χ0n) is 22.9. The largest absolute Gasteiger partial charge is 0.513 e. The lowest BCUT2D eigenvalue weighted by Gasteiger charge is -2.14. The molecule has 0 aromatic heterocycles. The van der Waals surface area contributed by atoms with Crippen molar-refractivity contribution < 1.29 is 43.2 Å². The molecule has 1 saturated carbocycles. The number of allylic oxidation sites excluding steroid dienone is 1. The predicted octanol–water partition coefficient (Wildman–Crippen LogP) is 7.10. The van der Waals surface area contributed by atoms with Gasteiger partial charge in [0.1, 0.15) is 33.8 Å². The molecule has 0 saturated heterocycles. The maximum absolute atomic E-state index is 12.4. The smallest absolute Gasteiger partial charge is 0.508 e. The van der Waals surface area contributed by atoms with Gasteiger partial charge in [-0.25, -0.2) is 14.4 Å².